The molecule has 0 saturated carbocycles. The molecular formula is C16H18OS. The van der Waals surface area contributed by atoms with E-state index in [1.165, 1.54) is 20.9 Å². The highest BCUT2D eigenvalue weighted by Crippen LogP contribution is 2.38. The lowest BCUT2D eigenvalue weighted by atomic mass is 9.74. The maximum absolute atomic E-state index is 10.4. The molecule has 2 unspecified atom stereocenters. The SMILES string of the molecule is CCc1ccc(CC(O)C2Cc3ccccc32)s1. The Balaban J connectivity index is 1.68. The van der Waals surface area contributed by atoms with Crippen LogP contribution in [0.4, 0.5) is 0 Å². The van der Waals surface area contributed by atoms with Gasteiger partial charge >= 0.3 is 0 Å². The molecule has 18 heavy (non-hydrogen) atoms. The summed E-state index contributed by atoms with van der Waals surface area (Å²) in [4.78, 5) is 2.72. The van der Waals surface area contributed by atoms with Gasteiger partial charge in [0.2, 0.25) is 0 Å². The van der Waals surface area contributed by atoms with Crippen molar-refractivity contribution >= 4 is 11.3 Å². The summed E-state index contributed by atoms with van der Waals surface area (Å²) >= 11 is 1.83. The summed E-state index contributed by atoms with van der Waals surface area (Å²) in [5.74, 6) is 0.341. The van der Waals surface area contributed by atoms with Crippen LogP contribution in [0.25, 0.3) is 0 Å². The highest BCUT2D eigenvalue weighted by molar-refractivity contribution is 7.11. The van der Waals surface area contributed by atoms with Gasteiger partial charge in [0, 0.05) is 22.1 Å². The Bertz CT molecular complexity index is 544. The second-order valence-electron chi connectivity index (χ2n) is 5.00. The van der Waals surface area contributed by atoms with Crippen molar-refractivity contribution in [2.75, 3.05) is 0 Å². The molecule has 0 fully saturated rings. The third-order valence-corrected chi connectivity index (χ3v) is 5.09. The zero-order valence-electron chi connectivity index (χ0n) is 10.6. The van der Waals surface area contributed by atoms with Gasteiger partial charge in [0.1, 0.15) is 0 Å². The van der Waals surface area contributed by atoms with Crippen LogP contribution in [0.15, 0.2) is 36.4 Å². The summed E-state index contributed by atoms with van der Waals surface area (Å²) in [6, 6.07) is 12.8. The summed E-state index contributed by atoms with van der Waals surface area (Å²) < 4.78 is 0. The van der Waals surface area contributed by atoms with Crippen LogP contribution >= 0.6 is 11.3 Å². The zero-order valence-corrected chi connectivity index (χ0v) is 11.4. The predicted octanol–water partition coefficient (Wildman–Crippen LogP) is 3.55. The molecule has 0 spiro atoms. The van der Waals surface area contributed by atoms with Gasteiger partial charge in [0.25, 0.3) is 0 Å². The first kappa shape index (κ1) is 11.9. The Morgan fingerprint density at radius 3 is 2.72 bits per heavy atom. The number of fused-ring (bicyclic) bond motifs is 1. The Labute approximate surface area is 112 Å². The van der Waals surface area contributed by atoms with Gasteiger partial charge in [-0.05, 0) is 36.1 Å². The number of rotatable bonds is 4. The summed E-state index contributed by atoms with van der Waals surface area (Å²) in [6.45, 7) is 2.17. The molecule has 1 aliphatic rings. The molecule has 2 heteroatoms. The maximum Gasteiger partial charge on any atom is 0.0660 e. The molecule has 2 aromatic rings. The van der Waals surface area contributed by atoms with Crippen LogP contribution in [-0.2, 0) is 19.3 Å². The molecule has 1 aromatic carbocycles. The zero-order chi connectivity index (χ0) is 12.5. The maximum atomic E-state index is 10.4. The number of benzene rings is 1. The van der Waals surface area contributed by atoms with Crippen molar-refractivity contribution in [3.8, 4) is 0 Å². The third-order valence-electron chi connectivity index (χ3n) is 3.83. The average Bonchev–Trinajstić information content (AvgIpc) is 2.78. The highest BCUT2D eigenvalue weighted by atomic mass is 32.1. The van der Waals surface area contributed by atoms with E-state index in [-0.39, 0.29) is 6.10 Å². The topological polar surface area (TPSA) is 20.2 Å². The van der Waals surface area contributed by atoms with Crippen molar-refractivity contribution in [3.63, 3.8) is 0 Å². The number of aliphatic hydroxyl groups is 1. The molecule has 3 rings (SSSR count). The van der Waals surface area contributed by atoms with E-state index in [1.807, 2.05) is 11.3 Å². The smallest absolute Gasteiger partial charge is 0.0660 e. The van der Waals surface area contributed by atoms with Gasteiger partial charge in [0.15, 0.2) is 0 Å². The lowest BCUT2D eigenvalue weighted by Gasteiger charge is -2.33. The Kier molecular flexibility index (Phi) is 3.23. The standard InChI is InChI=1S/C16H18OS/c1-2-12-7-8-13(18-12)10-16(17)15-9-11-5-3-4-6-14(11)15/h3-8,15-17H,2,9-10H2,1H3. The van der Waals surface area contributed by atoms with Gasteiger partial charge < -0.3 is 5.11 Å². The molecule has 1 aliphatic carbocycles. The van der Waals surface area contributed by atoms with Crippen LogP contribution < -0.4 is 0 Å². The molecule has 1 N–H and O–H groups in total. The summed E-state index contributed by atoms with van der Waals surface area (Å²) in [5, 5.41) is 10.4. The van der Waals surface area contributed by atoms with Gasteiger partial charge in [0.05, 0.1) is 6.10 Å². The Morgan fingerprint density at radius 1 is 1.22 bits per heavy atom. The van der Waals surface area contributed by atoms with E-state index in [1.54, 1.807) is 0 Å². The van der Waals surface area contributed by atoms with Gasteiger partial charge in [-0.1, -0.05) is 31.2 Å². The van der Waals surface area contributed by atoms with Crippen molar-refractivity contribution in [2.45, 2.75) is 38.2 Å². The number of aryl methyl sites for hydroxylation is 1. The van der Waals surface area contributed by atoms with Gasteiger partial charge in [-0.15, -0.1) is 11.3 Å². The lowest BCUT2D eigenvalue weighted by molar-refractivity contribution is 0.134. The van der Waals surface area contributed by atoms with E-state index >= 15 is 0 Å². The van der Waals surface area contributed by atoms with Gasteiger partial charge in [-0.2, -0.15) is 0 Å². The fraction of sp³-hybridized carbons (Fsp3) is 0.375. The van der Waals surface area contributed by atoms with Crippen LogP contribution in [0.2, 0.25) is 0 Å². The van der Waals surface area contributed by atoms with E-state index in [4.69, 9.17) is 0 Å². The van der Waals surface area contributed by atoms with E-state index < -0.39 is 0 Å². The first-order valence-corrected chi connectivity index (χ1v) is 7.43. The van der Waals surface area contributed by atoms with Crippen molar-refractivity contribution in [2.24, 2.45) is 0 Å². The monoisotopic (exact) mass is 258 g/mol. The van der Waals surface area contributed by atoms with Crippen LogP contribution in [0, 0.1) is 0 Å². The molecule has 1 nitrogen and oxygen atoms in total. The molecule has 1 aromatic heterocycles. The molecule has 2 atom stereocenters. The minimum Gasteiger partial charge on any atom is -0.392 e. The normalized spacial score (nSPS) is 19.1. The largest absolute Gasteiger partial charge is 0.392 e. The minimum atomic E-state index is -0.233. The highest BCUT2D eigenvalue weighted by Gasteiger charge is 2.31. The summed E-state index contributed by atoms with van der Waals surface area (Å²) in [5.41, 5.74) is 2.75. The summed E-state index contributed by atoms with van der Waals surface area (Å²) in [6.07, 6.45) is 2.68. The molecular weight excluding hydrogens is 240 g/mol. The predicted molar refractivity (Wildman–Crippen MR) is 76.3 cm³/mol. The fourth-order valence-corrected chi connectivity index (χ4v) is 3.72. The van der Waals surface area contributed by atoms with Crippen LogP contribution in [0.5, 0.6) is 0 Å². The number of aliphatic hydroxyl groups excluding tert-OH is 1. The first-order valence-electron chi connectivity index (χ1n) is 6.61. The van der Waals surface area contributed by atoms with Crippen LogP contribution in [0.3, 0.4) is 0 Å². The van der Waals surface area contributed by atoms with E-state index in [9.17, 15) is 5.11 Å². The van der Waals surface area contributed by atoms with Crippen molar-refractivity contribution < 1.29 is 5.11 Å². The molecule has 1 heterocycles. The molecule has 0 aliphatic heterocycles. The quantitative estimate of drug-likeness (QED) is 0.889. The van der Waals surface area contributed by atoms with E-state index in [2.05, 4.69) is 43.3 Å². The molecule has 94 valence electrons. The van der Waals surface area contributed by atoms with E-state index in [0.717, 1.165) is 19.3 Å². The molecule has 0 radical (unpaired) electrons. The lowest BCUT2D eigenvalue weighted by Crippen LogP contribution is -2.30. The Morgan fingerprint density at radius 2 is 2.00 bits per heavy atom. The fourth-order valence-electron chi connectivity index (χ4n) is 2.71. The van der Waals surface area contributed by atoms with Crippen LogP contribution in [-0.4, -0.2) is 11.2 Å². The third kappa shape index (κ3) is 2.11. The first-order chi connectivity index (χ1) is 8.78. The van der Waals surface area contributed by atoms with Gasteiger partial charge in [-0.3, -0.25) is 0 Å². The number of thiophene rings is 1. The molecule has 0 amide bonds. The van der Waals surface area contributed by atoms with Crippen molar-refractivity contribution in [3.05, 3.63) is 57.3 Å². The summed E-state index contributed by atoms with van der Waals surface area (Å²) in [7, 11) is 0. The van der Waals surface area contributed by atoms with Gasteiger partial charge in [-0.25, -0.2) is 0 Å². The second kappa shape index (κ2) is 4.87. The van der Waals surface area contributed by atoms with E-state index in [0.29, 0.717) is 5.92 Å². The second-order valence-corrected chi connectivity index (χ2v) is 6.26. The van der Waals surface area contributed by atoms with Crippen molar-refractivity contribution in [1.29, 1.82) is 0 Å². The van der Waals surface area contributed by atoms with Crippen LogP contribution in [0.1, 0.15) is 33.7 Å². The Hall–Kier alpha value is -1.12. The minimum absolute atomic E-state index is 0.233. The number of hydrogen-bond acceptors (Lipinski definition) is 2. The van der Waals surface area contributed by atoms with Crippen molar-refractivity contribution in [1.82, 2.24) is 0 Å². The average molecular weight is 258 g/mol. The number of hydrogen-bond donors (Lipinski definition) is 1. The molecule has 0 saturated heterocycles. The molecule has 0 bridgehead atoms.